The van der Waals surface area contributed by atoms with E-state index in [2.05, 4.69) is 28.7 Å². The standard InChI is InChI=1S/C10H10INOS/c11-7-10(13)12-5-6-14-9-4-2-1-3-8(9)12/h1-4H,5-7H2. The molecule has 1 aliphatic rings. The number of carbonyl (C=O) groups excluding carboxylic acids is 1. The molecule has 0 aromatic heterocycles. The second-order valence-corrected chi connectivity index (χ2v) is 4.89. The Bertz CT molecular complexity index is 356. The van der Waals surface area contributed by atoms with Gasteiger partial charge >= 0.3 is 0 Å². The zero-order valence-corrected chi connectivity index (χ0v) is 10.5. The number of hydrogen-bond acceptors (Lipinski definition) is 2. The third-order valence-electron chi connectivity index (χ3n) is 2.14. The van der Waals surface area contributed by atoms with Crippen LogP contribution in [0.15, 0.2) is 29.2 Å². The first-order chi connectivity index (χ1) is 6.83. The smallest absolute Gasteiger partial charge is 0.236 e. The molecule has 0 bridgehead atoms. The maximum Gasteiger partial charge on any atom is 0.236 e. The Morgan fingerprint density at radius 3 is 3.07 bits per heavy atom. The molecular formula is C10H10INOS. The minimum atomic E-state index is 0.207. The molecular weight excluding hydrogens is 309 g/mol. The molecule has 74 valence electrons. The molecule has 1 aromatic rings. The monoisotopic (exact) mass is 319 g/mol. The maximum atomic E-state index is 11.6. The van der Waals surface area contributed by atoms with Crippen molar-refractivity contribution in [3.05, 3.63) is 24.3 Å². The van der Waals surface area contributed by atoms with Crippen LogP contribution in [-0.2, 0) is 4.79 Å². The molecule has 2 nitrogen and oxygen atoms in total. The van der Waals surface area contributed by atoms with Crippen molar-refractivity contribution < 1.29 is 4.79 Å². The minimum Gasteiger partial charge on any atom is -0.310 e. The van der Waals surface area contributed by atoms with E-state index >= 15 is 0 Å². The number of benzene rings is 1. The predicted molar refractivity (Wildman–Crippen MR) is 68.4 cm³/mol. The van der Waals surface area contributed by atoms with Gasteiger partial charge < -0.3 is 4.90 Å². The lowest BCUT2D eigenvalue weighted by molar-refractivity contribution is -0.115. The number of fused-ring (bicyclic) bond motifs is 1. The van der Waals surface area contributed by atoms with E-state index in [-0.39, 0.29) is 5.91 Å². The molecule has 0 saturated carbocycles. The Balaban J connectivity index is 2.35. The topological polar surface area (TPSA) is 20.3 Å². The number of thioether (sulfide) groups is 1. The fourth-order valence-corrected chi connectivity index (χ4v) is 2.91. The average Bonchev–Trinajstić information content (AvgIpc) is 2.27. The second kappa shape index (κ2) is 4.53. The van der Waals surface area contributed by atoms with Crippen molar-refractivity contribution >= 4 is 45.9 Å². The van der Waals surface area contributed by atoms with Crippen LogP contribution in [0.2, 0.25) is 0 Å². The van der Waals surface area contributed by atoms with Crippen LogP contribution in [0.4, 0.5) is 5.69 Å². The van der Waals surface area contributed by atoms with Crippen molar-refractivity contribution in [3.8, 4) is 0 Å². The Morgan fingerprint density at radius 2 is 2.29 bits per heavy atom. The summed E-state index contributed by atoms with van der Waals surface area (Å²) in [5, 5.41) is 0. The average molecular weight is 319 g/mol. The van der Waals surface area contributed by atoms with Crippen molar-refractivity contribution in [1.29, 1.82) is 0 Å². The molecule has 0 unspecified atom stereocenters. The second-order valence-electron chi connectivity index (χ2n) is 3.00. The first-order valence-electron chi connectivity index (χ1n) is 4.41. The van der Waals surface area contributed by atoms with E-state index in [1.165, 1.54) is 4.90 Å². The summed E-state index contributed by atoms with van der Waals surface area (Å²) >= 11 is 3.94. The Kier molecular flexibility index (Phi) is 3.33. The summed E-state index contributed by atoms with van der Waals surface area (Å²) in [6.07, 6.45) is 0. The quantitative estimate of drug-likeness (QED) is 0.586. The molecule has 1 heterocycles. The Hall–Kier alpha value is -0.230. The third kappa shape index (κ3) is 1.91. The van der Waals surface area contributed by atoms with Crippen LogP contribution in [0.25, 0.3) is 0 Å². The van der Waals surface area contributed by atoms with Crippen molar-refractivity contribution in [2.45, 2.75) is 4.90 Å². The number of alkyl halides is 1. The van der Waals surface area contributed by atoms with E-state index in [0.717, 1.165) is 18.0 Å². The normalized spacial score (nSPS) is 15.1. The van der Waals surface area contributed by atoms with Gasteiger partial charge in [0.05, 0.1) is 10.1 Å². The molecule has 0 radical (unpaired) electrons. The molecule has 0 N–H and O–H groups in total. The van der Waals surface area contributed by atoms with E-state index in [4.69, 9.17) is 0 Å². The molecule has 4 heteroatoms. The van der Waals surface area contributed by atoms with E-state index < -0.39 is 0 Å². The van der Waals surface area contributed by atoms with Crippen LogP contribution in [0.3, 0.4) is 0 Å². The number of anilines is 1. The fraction of sp³-hybridized carbons (Fsp3) is 0.300. The van der Waals surface area contributed by atoms with Crippen molar-refractivity contribution in [3.63, 3.8) is 0 Å². The van der Waals surface area contributed by atoms with E-state index in [0.29, 0.717) is 4.43 Å². The molecule has 1 aromatic carbocycles. The van der Waals surface area contributed by atoms with Gasteiger partial charge in [0.25, 0.3) is 0 Å². The summed E-state index contributed by atoms with van der Waals surface area (Å²) in [5.74, 6) is 1.21. The van der Waals surface area contributed by atoms with E-state index in [9.17, 15) is 4.79 Å². The highest BCUT2D eigenvalue weighted by atomic mass is 127. The number of halogens is 1. The highest BCUT2D eigenvalue weighted by Crippen LogP contribution is 2.34. The molecule has 14 heavy (non-hydrogen) atoms. The number of hydrogen-bond donors (Lipinski definition) is 0. The summed E-state index contributed by atoms with van der Waals surface area (Å²) in [7, 11) is 0. The van der Waals surface area contributed by atoms with Gasteiger partial charge in [-0.25, -0.2) is 0 Å². The van der Waals surface area contributed by atoms with Gasteiger partial charge in [-0.05, 0) is 12.1 Å². The van der Waals surface area contributed by atoms with Crippen LogP contribution < -0.4 is 4.90 Å². The van der Waals surface area contributed by atoms with Gasteiger partial charge in [0.1, 0.15) is 0 Å². The maximum absolute atomic E-state index is 11.6. The SMILES string of the molecule is O=C(CI)N1CCSc2ccccc21. The Morgan fingerprint density at radius 1 is 1.50 bits per heavy atom. The first-order valence-corrected chi connectivity index (χ1v) is 6.92. The van der Waals surface area contributed by atoms with Gasteiger partial charge in [-0.2, -0.15) is 0 Å². The molecule has 0 aliphatic carbocycles. The Labute approximate surface area is 101 Å². The third-order valence-corrected chi connectivity index (χ3v) is 3.84. The van der Waals surface area contributed by atoms with Crippen molar-refractivity contribution in [2.75, 3.05) is 21.6 Å². The van der Waals surface area contributed by atoms with E-state index in [1.54, 1.807) is 0 Å². The van der Waals surface area contributed by atoms with Crippen LogP contribution in [0.5, 0.6) is 0 Å². The summed E-state index contributed by atoms with van der Waals surface area (Å²) in [6, 6.07) is 8.10. The molecule has 0 fully saturated rings. The van der Waals surface area contributed by atoms with E-state index in [1.807, 2.05) is 34.9 Å². The number of para-hydroxylation sites is 1. The molecule has 1 amide bonds. The first kappa shape index (κ1) is 10.3. The summed E-state index contributed by atoms with van der Waals surface area (Å²) < 4.78 is 0.552. The van der Waals surface area contributed by atoms with Gasteiger partial charge in [0, 0.05) is 17.2 Å². The molecule has 0 saturated heterocycles. The van der Waals surface area contributed by atoms with Gasteiger partial charge in [-0.3, -0.25) is 4.79 Å². The van der Waals surface area contributed by atoms with Gasteiger partial charge in [0.15, 0.2) is 0 Å². The van der Waals surface area contributed by atoms with Crippen LogP contribution in [-0.4, -0.2) is 22.6 Å². The van der Waals surface area contributed by atoms with Gasteiger partial charge in [0.2, 0.25) is 5.91 Å². The highest BCUT2D eigenvalue weighted by molar-refractivity contribution is 14.1. The summed E-state index contributed by atoms with van der Waals surface area (Å²) in [4.78, 5) is 14.7. The van der Waals surface area contributed by atoms with Gasteiger partial charge in [-0.15, -0.1) is 11.8 Å². The summed E-state index contributed by atoms with van der Waals surface area (Å²) in [6.45, 7) is 0.837. The lowest BCUT2D eigenvalue weighted by Gasteiger charge is -2.28. The van der Waals surface area contributed by atoms with Crippen LogP contribution in [0, 0.1) is 0 Å². The fourth-order valence-electron chi connectivity index (χ4n) is 1.50. The lowest BCUT2D eigenvalue weighted by Crippen LogP contribution is -2.36. The highest BCUT2D eigenvalue weighted by Gasteiger charge is 2.21. The molecule has 0 atom stereocenters. The largest absolute Gasteiger partial charge is 0.310 e. The van der Waals surface area contributed by atoms with Crippen LogP contribution in [0.1, 0.15) is 0 Å². The molecule has 1 aliphatic heterocycles. The minimum absolute atomic E-state index is 0.207. The van der Waals surface area contributed by atoms with Crippen LogP contribution >= 0.6 is 34.4 Å². The number of nitrogens with zero attached hydrogens (tertiary/aromatic N) is 1. The number of rotatable bonds is 1. The number of amides is 1. The van der Waals surface area contributed by atoms with Gasteiger partial charge in [-0.1, -0.05) is 34.7 Å². The predicted octanol–water partition coefficient (Wildman–Crippen LogP) is 2.56. The molecule has 2 rings (SSSR count). The molecule has 0 spiro atoms. The summed E-state index contributed by atoms with van der Waals surface area (Å²) in [5.41, 5.74) is 1.07. The lowest BCUT2D eigenvalue weighted by atomic mass is 10.3. The zero-order valence-electron chi connectivity index (χ0n) is 7.57. The van der Waals surface area contributed by atoms with Crippen molar-refractivity contribution in [1.82, 2.24) is 0 Å². The van der Waals surface area contributed by atoms with Crippen molar-refractivity contribution in [2.24, 2.45) is 0 Å². The zero-order chi connectivity index (χ0) is 9.97. The number of carbonyl (C=O) groups is 1.